The topological polar surface area (TPSA) is 31.2 Å². The Kier molecular flexibility index (Phi) is 2.95. The van der Waals surface area contributed by atoms with Crippen molar-refractivity contribution in [2.45, 2.75) is 0 Å². The van der Waals surface area contributed by atoms with Crippen molar-refractivity contribution in [3.63, 3.8) is 0 Å². The molecule has 0 unspecified atom stereocenters. The number of hydrogen-bond acceptors (Lipinski definition) is 2. The minimum Gasteiger partial charge on any atom is -0.465 e. The first kappa shape index (κ1) is 11.4. The smallest absolute Gasteiger partial charge is 0.340 e. The van der Waals surface area contributed by atoms with Crippen LogP contribution in [0.5, 0.6) is 0 Å². The number of nitrogens with zero attached hydrogens (tertiary/aromatic N) is 1. The highest BCUT2D eigenvalue weighted by Crippen LogP contribution is 2.25. The molecule has 0 fully saturated rings. The van der Waals surface area contributed by atoms with Crippen molar-refractivity contribution < 1.29 is 13.9 Å². The highest BCUT2D eigenvalue weighted by atomic mass is 19.1. The summed E-state index contributed by atoms with van der Waals surface area (Å²) >= 11 is 0. The molecule has 1 aromatic heterocycles. The average molecular weight is 233 g/mol. The number of benzene rings is 1. The lowest BCUT2D eigenvalue weighted by Crippen LogP contribution is -2.01. The zero-order valence-corrected chi connectivity index (χ0v) is 9.61. The molecule has 0 bridgehead atoms. The number of halogens is 1. The van der Waals surface area contributed by atoms with Gasteiger partial charge in [0, 0.05) is 25.0 Å². The van der Waals surface area contributed by atoms with Gasteiger partial charge < -0.3 is 9.30 Å². The Bertz CT molecular complexity index is 560. The Morgan fingerprint density at radius 3 is 2.76 bits per heavy atom. The van der Waals surface area contributed by atoms with E-state index in [1.165, 1.54) is 19.2 Å². The Labute approximate surface area is 98.4 Å². The molecule has 1 aromatic carbocycles. The molecule has 17 heavy (non-hydrogen) atoms. The summed E-state index contributed by atoms with van der Waals surface area (Å²) in [6.45, 7) is 0. The van der Waals surface area contributed by atoms with Crippen molar-refractivity contribution in [1.82, 2.24) is 4.57 Å². The molecule has 2 aromatic rings. The van der Waals surface area contributed by atoms with Crippen LogP contribution in [0.25, 0.3) is 11.1 Å². The maximum Gasteiger partial charge on any atom is 0.340 e. The lowest BCUT2D eigenvalue weighted by Gasteiger charge is -2.02. The van der Waals surface area contributed by atoms with Gasteiger partial charge in [0.05, 0.1) is 12.7 Å². The van der Waals surface area contributed by atoms with Gasteiger partial charge in [-0.1, -0.05) is 12.1 Å². The third-order valence-corrected chi connectivity index (χ3v) is 2.50. The molecule has 2 rings (SSSR count). The number of ether oxygens (including phenoxy) is 1. The standard InChI is InChI=1S/C13H12FNO2/c1-15-7-11(12(8-15)13(16)17-2)9-4-3-5-10(14)6-9/h3-8H,1-2H3. The van der Waals surface area contributed by atoms with Crippen LogP contribution in [0, 0.1) is 5.82 Å². The predicted molar refractivity (Wildman–Crippen MR) is 62.1 cm³/mol. The fourth-order valence-electron chi connectivity index (χ4n) is 1.74. The van der Waals surface area contributed by atoms with Crippen molar-refractivity contribution >= 4 is 5.97 Å². The van der Waals surface area contributed by atoms with E-state index in [1.54, 1.807) is 36.1 Å². The number of methoxy groups -OCH3 is 1. The fraction of sp³-hybridized carbons (Fsp3) is 0.154. The van der Waals surface area contributed by atoms with E-state index in [9.17, 15) is 9.18 Å². The van der Waals surface area contributed by atoms with E-state index in [4.69, 9.17) is 4.74 Å². The molecular formula is C13H12FNO2. The van der Waals surface area contributed by atoms with Crippen LogP contribution >= 0.6 is 0 Å². The third-order valence-electron chi connectivity index (χ3n) is 2.50. The van der Waals surface area contributed by atoms with E-state index in [1.807, 2.05) is 0 Å². The van der Waals surface area contributed by atoms with E-state index in [0.29, 0.717) is 16.7 Å². The largest absolute Gasteiger partial charge is 0.465 e. The molecule has 0 spiro atoms. The fourth-order valence-corrected chi connectivity index (χ4v) is 1.74. The SMILES string of the molecule is COC(=O)c1cn(C)cc1-c1cccc(F)c1. The second-order valence-electron chi connectivity index (χ2n) is 3.75. The van der Waals surface area contributed by atoms with Crippen molar-refractivity contribution in [1.29, 1.82) is 0 Å². The molecule has 0 saturated heterocycles. The molecule has 3 nitrogen and oxygen atoms in total. The number of hydrogen-bond donors (Lipinski definition) is 0. The van der Waals surface area contributed by atoms with Crippen LogP contribution in [0.3, 0.4) is 0 Å². The zero-order chi connectivity index (χ0) is 12.4. The van der Waals surface area contributed by atoms with Crippen molar-refractivity contribution in [3.05, 3.63) is 48.0 Å². The first-order valence-electron chi connectivity index (χ1n) is 5.12. The predicted octanol–water partition coefficient (Wildman–Crippen LogP) is 2.62. The maximum absolute atomic E-state index is 13.2. The van der Waals surface area contributed by atoms with Crippen molar-refractivity contribution in [2.75, 3.05) is 7.11 Å². The highest BCUT2D eigenvalue weighted by molar-refractivity contribution is 5.97. The number of carbonyl (C=O) groups excluding carboxylic acids is 1. The minimum absolute atomic E-state index is 0.331. The summed E-state index contributed by atoms with van der Waals surface area (Å²) in [6, 6.07) is 6.12. The molecule has 0 amide bonds. The number of carbonyl (C=O) groups is 1. The summed E-state index contributed by atoms with van der Waals surface area (Å²) in [5, 5.41) is 0. The number of aryl methyl sites for hydroxylation is 1. The van der Waals surface area contributed by atoms with Crippen LogP contribution in [0.1, 0.15) is 10.4 Å². The molecule has 1 heterocycles. The summed E-state index contributed by atoms with van der Waals surface area (Å²) in [7, 11) is 3.12. The van der Waals surface area contributed by atoms with Crippen LogP contribution in [0.15, 0.2) is 36.7 Å². The number of esters is 1. The van der Waals surface area contributed by atoms with Gasteiger partial charge in [0.25, 0.3) is 0 Å². The average Bonchev–Trinajstić information content (AvgIpc) is 2.70. The van der Waals surface area contributed by atoms with Crippen molar-refractivity contribution in [3.8, 4) is 11.1 Å². The Hall–Kier alpha value is -2.10. The molecule has 0 atom stereocenters. The van der Waals surface area contributed by atoms with Gasteiger partial charge in [0.2, 0.25) is 0 Å². The monoisotopic (exact) mass is 233 g/mol. The molecular weight excluding hydrogens is 221 g/mol. The van der Waals surface area contributed by atoms with Crippen LogP contribution in [-0.4, -0.2) is 17.6 Å². The van der Waals surface area contributed by atoms with Crippen molar-refractivity contribution in [2.24, 2.45) is 7.05 Å². The second-order valence-corrected chi connectivity index (χ2v) is 3.75. The lowest BCUT2D eigenvalue weighted by atomic mass is 10.0. The van der Waals surface area contributed by atoms with Crippen LogP contribution in [0.4, 0.5) is 4.39 Å². The molecule has 0 aliphatic heterocycles. The zero-order valence-electron chi connectivity index (χ0n) is 9.61. The maximum atomic E-state index is 13.2. The Morgan fingerprint density at radius 2 is 2.12 bits per heavy atom. The molecule has 0 saturated carbocycles. The van der Waals surface area contributed by atoms with Gasteiger partial charge in [-0.15, -0.1) is 0 Å². The van der Waals surface area contributed by atoms with E-state index < -0.39 is 5.97 Å². The van der Waals surface area contributed by atoms with E-state index in [0.717, 1.165) is 0 Å². The summed E-state index contributed by atoms with van der Waals surface area (Å²) in [4.78, 5) is 11.6. The lowest BCUT2D eigenvalue weighted by molar-refractivity contribution is 0.0601. The quantitative estimate of drug-likeness (QED) is 0.746. The minimum atomic E-state index is -0.426. The third kappa shape index (κ3) is 2.20. The Balaban J connectivity index is 2.55. The van der Waals surface area contributed by atoms with E-state index in [-0.39, 0.29) is 5.82 Å². The van der Waals surface area contributed by atoms with Gasteiger partial charge in [-0.3, -0.25) is 0 Å². The first-order chi connectivity index (χ1) is 8.11. The summed E-state index contributed by atoms with van der Waals surface area (Å²) in [6.07, 6.45) is 3.42. The molecule has 88 valence electrons. The second kappa shape index (κ2) is 4.41. The van der Waals surface area contributed by atoms with E-state index in [2.05, 4.69) is 0 Å². The van der Waals surface area contributed by atoms with Gasteiger partial charge in [0.1, 0.15) is 5.82 Å². The molecule has 0 aliphatic rings. The summed E-state index contributed by atoms with van der Waals surface area (Å²) < 4.78 is 19.6. The van der Waals surface area contributed by atoms with Gasteiger partial charge in [-0.25, -0.2) is 9.18 Å². The molecule has 0 aliphatic carbocycles. The summed E-state index contributed by atoms with van der Waals surface area (Å²) in [5.74, 6) is -0.757. The number of rotatable bonds is 2. The normalized spacial score (nSPS) is 10.3. The number of aromatic nitrogens is 1. The van der Waals surface area contributed by atoms with Gasteiger partial charge in [-0.05, 0) is 17.7 Å². The molecule has 4 heteroatoms. The van der Waals surface area contributed by atoms with E-state index >= 15 is 0 Å². The molecule has 0 radical (unpaired) electrons. The highest BCUT2D eigenvalue weighted by Gasteiger charge is 2.15. The first-order valence-corrected chi connectivity index (χ1v) is 5.12. The van der Waals surface area contributed by atoms with Gasteiger partial charge >= 0.3 is 5.97 Å². The Morgan fingerprint density at radius 1 is 1.35 bits per heavy atom. The van der Waals surface area contributed by atoms with Crippen LogP contribution in [0.2, 0.25) is 0 Å². The molecule has 0 N–H and O–H groups in total. The summed E-state index contributed by atoms with van der Waals surface area (Å²) in [5.41, 5.74) is 1.76. The van der Waals surface area contributed by atoms with Gasteiger partial charge in [0.15, 0.2) is 0 Å². The van der Waals surface area contributed by atoms with Crippen LogP contribution in [-0.2, 0) is 11.8 Å². The van der Waals surface area contributed by atoms with Crippen LogP contribution < -0.4 is 0 Å². The van der Waals surface area contributed by atoms with Gasteiger partial charge in [-0.2, -0.15) is 0 Å².